The number of hydrogen-bond donors (Lipinski definition) is 2. The zero-order chi connectivity index (χ0) is 20.7. The summed E-state index contributed by atoms with van der Waals surface area (Å²) in [6.07, 6.45) is 0.767. The molecule has 1 saturated heterocycles. The minimum absolute atomic E-state index is 0.0368. The van der Waals surface area contributed by atoms with Crippen LogP contribution in [-0.4, -0.2) is 48.5 Å². The fraction of sp³-hybridized carbons (Fsp3) is 0.318. The Hall–Kier alpha value is -2.54. The van der Waals surface area contributed by atoms with E-state index < -0.39 is 0 Å². The smallest absolute Gasteiger partial charge is 0.197 e. The summed E-state index contributed by atoms with van der Waals surface area (Å²) in [5, 5.41) is 21.1. The minimum atomic E-state index is -0.352. The second-order valence-corrected chi connectivity index (χ2v) is 7.76. The van der Waals surface area contributed by atoms with E-state index in [9.17, 15) is 15.0 Å². The fourth-order valence-electron chi connectivity index (χ4n) is 4.23. The number of rotatable bonds is 4. The molecular formula is C22H22ClNO5. The quantitative estimate of drug-likeness (QED) is 0.677. The molecule has 0 saturated carbocycles. The first-order valence-electron chi connectivity index (χ1n) is 9.39. The summed E-state index contributed by atoms with van der Waals surface area (Å²) in [6, 6.07) is 9.69. The van der Waals surface area contributed by atoms with Crippen LogP contribution in [0.1, 0.15) is 17.9 Å². The Morgan fingerprint density at radius 1 is 1.31 bits per heavy atom. The van der Waals surface area contributed by atoms with Crippen molar-refractivity contribution in [2.24, 2.45) is 0 Å². The van der Waals surface area contributed by atoms with Gasteiger partial charge in [0.05, 0.1) is 13.7 Å². The van der Waals surface area contributed by atoms with E-state index in [1.165, 1.54) is 19.2 Å². The average Bonchev–Trinajstić information content (AvgIpc) is 3.07. The van der Waals surface area contributed by atoms with Crippen LogP contribution in [0.4, 0.5) is 0 Å². The van der Waals surface area contributed by atoms with E-state index in [4.69, 9.17) is 20.8 Å². The van der Waals surface area contributed by atoms with Crippen molar-refractivity contribution in [2.45, 2.75) is 18.4 Å². The predicted octanol–water partition coefficient (Wildman–Crippen LogP) is 3.61. The van der Waals surface area contributed by atoms with Crippen molar-refractivity contribution in [3.8, 4) is 22.8 Å². The molecule has 7 heteroatoms. The molecule has 2 atom stereocenters. The maximum Gasteiger partial charge on any atom is 0.197 e. The fourth-order valence-corrected chi connectivity index (χ4v) is 4.42. The summed E-state index contributed by atoms with van der Waals surface area (Å²) in [6.45, 7) is 0.755. The van der Waals surface area contributed by atoms with Crippen molar-refractivity contribution < 1.29 is 19.4 Å². The minimum Gasteiger partial charge on any atom is -0.507 e. The molecule has 2 aromatic carbocycles. The van der Waals surface area contributed by atoms with Gasteiger partial charge in [0.1, 0.15) is 28.2 Å². The number of methoxy groups -OCH3 is 1. The normalized spacial score (nSPS) is 19.7. The summed E-state index contributed by atoms with van der Waals surface area (Å²) >= 11 is 6.10. The number of nitrogens with zero attached hydrogens (tertiary/aromatic N) is 1. The first-order chi connectivity index (χ1) is 13.9. The molecule has 3 aromatic rings. The molecule has 4 rings (SSSR count). The van der Waals surface area contributed by atoms with Crippen LogP contribution in [-0.2, 0) is 0 Å². The Morgan fingerprint density at radius 3 is 2.79 bits per heavy atom. The van der Waals surface area contributed by atoms with Gasteiger partial charge in [-0.2, -0.15) is 0 Å². The Bertz CT molecular complexity index is 1130. The maximum absolute atomic E-state index is 12.9. The highest BCUT2D eigenvalue weighted by Gasteiger charge is 2.37. The Kier molecular flexibility index (Phi) is 5.25. The van der Waals surface area contributed by atoms with Gasteiger partial charge in [-0.05, 0) is 32.1 Å². The van der Waals surface area contributed by atoms with Crippen molar-refractivity contribution in [2.75, 3.05) is 27.3 Å². The van der Waals surface area contributed by atoms with Gasteiger partial charge in [-0.1, -0.05) is 23.7 Å². The zero-order valence-electron chi connectivity index (χ0n) is 16.2. The van der Waals surface area contributed by atoms with Crippen molar-refractivity contribution in [3.63, 3.8) is 0 Å². The van der Waals surface area contributed by atoms with Crippen LogP contribution in [0.25, 0.3) is 22.3 Å². The van der Waals surface area contributed by atoms with Gasteiger partial charge in [-0.15, -0.1) is 0 Å². The Balaban J connectivity index is 2.03. The summed E-state index contributed by atoms with van der Waals surface area (Å²) in [5.41, 5.74) is 1.27. The lowest BCUT2D eigenvalue weighted by atomic mass is 9.89. The van der Waals surface area contributed by atoms with E-state index in [0.717, 1.165) is 13.0 Å². The molecule has 2 heterocycles. The second-order valence-electron chi connectivity index (χ2n) is 7.33. The number of benzene rings is 2. The highest BCUT2D eigenvalue weighted by atomic mass is 35.5. The number of fused-ring (bicyclic) bond motifs is 1. The molecule has 0 amide bonds. The van der Waals surface area contributed by atoms with Crippen LogP contribution < -0.4 is 10.2 Å². The van der Waals surface area contributed by atoms with Crippen LogP contribution in [0.3, 0.4) is 0 Å². The molecule has 29 heavy (non-hydrogen) atoms. The highest BCUT2D eigenvalue weighted by molar-refractivity contribution is 6.30. The monoisotopic (exact) mass is 415 g/mol. The SMILES string of the molecule is COc1cc(O)c2c(=O)cc(-c3cccc(Cl)c3)oc2c1[C@@H]1CCN(C)[C@H]1CO. The molecule has 0 aliphatic carbocycles. The summed E-state index contributed by atoms with van der Waals surface area (Å²) in [5.74, 6) is 0.477. The van der Waals surface area contributed by atoms with Gasteiger partial charge in [-0.3, -0.25) is 4.79 Å². The molecule has 0 spiro atoms. The van der Waals surface area contributed by atoms with Gasteiger partial charge in [0, 0.05) is 40.2 Å². The van der Waals surface area contributed by atoms with E-state index in [1.807, 2.05) is 7.05 Å². The first kappa shape index (κ1) is 19.8. The molecule has 6 nitrogen and oxygen atoms in total. The predicted molar refractivity (Wildman–Crippen MR) is 112 cm³/mol. The van der Waals surface area contributed by atoms with Crippen molar-refractivity contribution in [3.05, 3.63) is 57.2 Å². The van der Waals surface area contributed by atoms with Crippen LogP contribution >= 0.6 is 11.6 Å². The van der Waals surface area contributed by atoms with Gasteiger partial charge in [0.15, 0.2) is 5.43 Å². The summed E-state index contributed by atoms with van der Waals surface area (Å²) < 4.78 is 11.7. The van der Waals surface area contributed by atoms with Crippen LogP contribution in [0, 0.1) is 0 Å². The molecular weight excluding hydrogens is 394 g/mol. The number of aromatic hydroxyl groups is 1. The molecule has 152 valence electrons. The van der Waals surface area contributed by atoms with Gasteiger partial charge in [-0.25, -0.2) is 0 Å². The standard InChI is InChI=1S/C22H22ClNO5/c1-24-7-6-14(15(24)11-25)20-19(28-2)10-17(27)21-16(26)9-18(29-22(20)21)12-4-3-5-13(23)8-12/h3-5,8-10,14-15,25,27H,6-7,11H2,1-2H3/t14-,15+/m1/s1. The Morgan fingerprint density at radius 2 is 2.10 bits per heavy atom. The topological polar surface area (TPSA) is 83.1 Å². The number of ether oxygens (including phenoxy) is 1. The van der Waals surface area contributed by atoms with Crippen molar-refractivity contribution >= 4 is 22.6 Å². The number of halogens is 1. The lowest BCUT2D eigenvalue weighted by molar-refractivity contribution is 0.171. The molecule has 1 aliphatic heterocycles. The van der Waals surface area contributed by atoms with Crippen LogP contribution in [0.5, 0.6) is 11.5 Å². The van der Waals surface area contributed by atoms with E-state index >= 15 is 0 Å². The zero-order valence-corrected chi connectivity index (χ0v) is 16.9. The van der Waals surface area contributed by atoms with Gasteiger partial charge >= 0.3 is 0 Å². The third-order valence-corrected chi connectivity index (χ3v) is 5.93. The van der Waals surface area contributed by atoms with E-state index in [0.29, 0.717) is 27.7 Å². The average molecular weight is 416 g/mol. The number of aliphatic hydroxyl groups is 1. The van der Waals surface area contributed by atoms with Crippen molar-refractivity contribution in [1.82, 2.24) is 4.90 Å². The number of aliphatic hydroxyl groups excluding tert-OH is 1. The molecule has 2 N–H and O–H groups in total. The Labute approximate surface area is 172 Å². The third-order valence-electron chi connectivity index (χ3n) is 5.69. The number of phenolic OH excluding ortho intramolecular Hbond substituents is 1. The van der Waals surface area contributed by atoms with Crippen molar-refractivity contribution in [1.29, 1.82) is 0 Å². The number of hydrogen-bond acceptors (Lipinski definition) is 6. The number of likely N-dealkylation sites (tertiary alicyclic amines) is 1. The molecule has 1 aliphatic rings. The van der Waals surface area contributed by atoms with Crippen LogP contribution in [0.2, 0.25) is 5.02 Å². The van der Waals surface area contributed by atoms with E-state index in [1.54, 1.807) is 24.3 Å². The number of likely N-dealkylation sites (N-methyl/N-ethyl adjacent to an activating group) is 1. The third kappa shape index (κ3) is 3.37. The van der Waals surface area contributed by atoms with Gasteiger partial charge < -0.3 is 24.3 Å². The molecule has 0 unspecified atom stereocenters. The van der Waals surface area contributed by atoms with Gasteiger partial charge in [0.2, 0.25) is 0 Å². The molecule has 0 bridgehead atoms. The van der Waals surface area contributed by atoms with Gasteiger partial charge in [0.25, 0.3) is 0 Å². The largest absolute Gasteiger partial charge is 0.507 e. The van der Waals surface area contributed by atoms with E-state index in [2.05, 4.69) is 4.90 Å². The van der Waals surface area contributed by atoms with Crippen LogP contribution in [0.15, 0.2) is 45.6 Å². The first-order valence-corrected chi connectivity index (χ1v) is 9.77. The second kappa shape index (κ2) is 7.71. The maximum atomic E-state index is 12.9. The lowest BCUT2D eigenvalue weighted by Gasteiger charge is -2.25. The molecule has 1 fully saturated rings. The number of phenols is 1. The highest BCUT2D eigenvalue weighted by Crippen LogP contribution is 2.44. The summed E-state index contributed by atoms with van der Waals surface area (Å²) in [7, 11) is 3.46. The molecule has 1 aromatic heterocycles. The van der Waals surface area contributed by atoms with E-state index in [-0.39, 0.29) is 40.7 Å². The summed E-state index contributed by atoms with van der Waals surface area (Å²) in [4.78, 5) is 15.0. The lowest BCUT2D eigenvalue weighted by Crippen LogP contribution is -2.32. The molecule has 0 radical (unpaired) electrons.